The minimum atomic E-state index is -0.522. The first-order chi connectivity index (χ1) is 12.5. The molecule has 1 aliphatic carbocycles. The van der Waals surface area contributed by atoms with Gasteiger partial charge in [-0.2, -0.15) is 0 Å². The smallest absolute Gasteiger partial charge is 0.273 e. The molecule has 0 heterocycles. The van der Waals surface area contributed by atoms with Crippen molar-refractivity contribution >= 4 is 11.8 Å². The molecule has 4 nitrogen and oxygen atoms in total. The van der Waals surface area contributed by atoms with E-state index in [1.54, 1.807) is 36.4 Å². The highest BCUT2D eigenvalue weighted by molar-refractivity contribution is 6.04. The average Bonchev–Trinajstić information content (AvgIpc) is 3.20. The molecular formula is C21H19FN2O2. The van der Waals surface area contributed by atoms with Gasteiger partial charge in [0.15, 0.2) is 0 Å². The number of imide groups is 1. The van der Waals surface area contributed by atoms with Gasteiger partial charge in [0.05, 0.1) is 0 Å². The van der Waals surface area contributed by atoms with E-state index in [1.807, 2.05) is 0 Å². The molecule has 3 rings (SSSR count). The summed E-state index contributed by atoms with van der Waals surface area (Å²) in [6.07, 6.45) is 3.57. The number of rotatable bonds is 2. The second kappa shape index (κ2) is 7.94. The van der Waals surface area contributed by atoms with E-state index < -0.39 is 5.91 Å². The summed E-state index contributed by atoms with van der Waals surface area (Å²) < 4.78 is 13.1. The quantitative estimate of drug-likeness (QED) is 0.297. The molecule has 2 aromatic carbocycles. The molecule has 0 unspecified atom stereocenters. The zero-order valence-electron chi connectivity index (χ0n) is 14.2. The SMILES string of the molecule is NN(C(=O)c1ccc(C#Cc2cccc(F)c2)cc1)C(=O)C1CCCC1. The summed E-state index contributed by atoms with van der Waals surface area (Å²) in [6, 6.07) is 12.5. The lowest BCUT2D eigenvalue weighted by Gasteiger charge is -2.18. The third-order valence-corrected chi connectivity index (χ3v) is 4.47. The van der Waals surface area contributed by atoms with Crippen LogP contribution in [0.1, 0.15) is 47.2 Å². The first-order valence-electron chi connectivity index (χ1n) is 8.55. The number of carbonyl (C=O) groups is 2. The molecular weight excluding hydrogens is 331 g/mol. The predicted octanol–water partition coefficient (Wildman–Crippen LogP) is 3.26. The number of benzene rings is 2. The van der Waals surface area contributed by atoms with Gasteiger partial charge in [-0.3, -0.25) is 9.59 Å². The van der Waals surface area contributed by atoms with E-state index in [-0.39, 0.29) is 17.6 Å². The topological polar surface area (TPSA) is 63.4 Å². The Morgan fingerprint density at radius 2 is 1.65 bits per heavy atom. The summed E-state index contributed by atoms with van der Waals surface area (Å²) in [7, 11) is 0. The summed E-state index contributed by atoms with van der Waals surface area (Å²) >= 11 is 0. The highest BCUT2D eigenvalue weighted by atomic mass is 19.1. The summed E-state index contributed by atoms with van der Waals surface area (Å²) in [4.78, 5) is 24.6. The van der Waals surface area contributed by atoms with Crippen molar-refractivity contribution in [2.75, 3.05) is 0 Å². The van der Waals surface area contributed by atoms with Gasteiger partial charge in [-0.1, -0.05) is 30.7 Å². The van der Waals surface area contributed by atoms with Crippen LogP contribution in [0.25, 0.3) is 0 Å². The number of amides is 2. The van der Waals surface area contributed by atoms with Crippen molar-refractivity contribution < 1.29 is 14.0 Å². The summed E-state index contributed by atoms with van der Waals surface area (Å²) in [5.41, 5.74) is 1.58. The van der Waals surface area contributed by atoms with Gasteiger partial charge in [0.25, 0.3) is 5.91 Å². The number of nitrogens with zero attached hydrogens (tertiary/aromatic N) is 1. The maximum Gasteiger partial charge on any atom is 0.274 e. The van der Waals surface area contributed by atoms with Crippen molar-refractivity contribution in [3.63, 3.8) is 0 Å². The van der Waals surface area contributed by atoms with Crippen LogP contribution in [0.4, 0.5) is 4.39 Å². The van der Waals surface area contributed by atoms with Crippen molar-refractivity contribution in [2.45, 2.75) is 25.7 Å². The highest BCUT2D eigenvalue weighted by Crippen LogP contribution is 2.26. The zero-order valence-corrected chi connectivity index (χ0v) is 14.2. The molecule has 0 bridgehead atoms. The molecule has 0 spiro atoms. The van der Waals surface area contributed by atoms with Gasteiger partial charge in [0.2, 0.25) is 5.91 Å². The Kier molecular flexibility index (Phi) is 5.45. The first-order valence-corrected chi connectivity index (χ1v) is 8.55. The molecule has 26 heavy (non-hydrogen) atoms. The molecule has 2 amide bonds. The van der Waals surface area contributed by atoms with E-state index in [2.05, 4.69) is 11.8 Å². The molecule has 5 heteroatoms. The fourth-order valence-electron chi connectivity index (χ4n) is 3.02. The molecule has 0 aromatic heterocycles. The van der Waals surface area contributed by atoms with Gasteiger partial charge < -0.3 is 0 Å². The Hall–Kier alpha value is -2.97. The predicted molar refractivity (Wildman–Crippen MR) is 96.1 cm³/mol. The lowest BCUT2D eigenvalue weighted by molar-refractivity contribution is -0.132. The Morgan fingerprint density at radius 3 is 2.31 bits per heavy atom. The van der Waals surface area contributed by atoms with E-state index in [9.17, 15) is 14.0 Å². The average molecular weight is 350 g/mol. The fraction of sp³-hybridized carbons (Fsp3) is 0.238. The number of nitrogens with two attached hydrogens (primary N) is 1. The van der Waals surface area contributed by atoms with E-state index in [4.69, 9.17) is 5.84 Å². The van der Waals surface area contributed by atoms with Gasteiger partial charge in [0, 0.05) is 22.6 Å². The lowest BCUT2D eigenvalue weighted by Crippen LogP contribution is -2.45. The largest absolute Gasteiger partial charge is 0.274 e. The van der Waals surface area contributed by atoms with Crippen LogP contribution >= 0.6 is 0 Å². The molecule has 2 aromatic rings. The monoisotopic (exact) mass is 350 g/mol. The Bertz CT molecular complexity index is 875. The second-order valence-electron chi connectivity index (χ2n) is 6.33. The van der Waals surface area contributed by atoms with E-state index in [1.165, 1.54) is 12.1 Å². The molecule has 132 valence electrons. The molecule has 0 radical (unpaired) electrons. The third kappa shape index (κ3) is 4.16. The van der Waals surface area contributed by atoms with Crippen LogP contribution in [0.3, 0.4) is 0 Å². The summed E-state index contributed by atoms with van der Waals surface area (Å²) in [5, 5.41) is 0.726. The van der Waals surface area contributed by atoms with Crippen LogP contribution in [-0.4, -0.2) is 16.8 Å². The van der Waals surface area contributed by atoms with E-state index in [0.717, 1.165) is 30.7 Å². The molecule has 1 aliphatic rings. The maximum absolute atomic E-state index is 13.1. The van der Waals surface area contributed by atoms with Crippen LogP contribution < -0.4 is 5.84 Å². The van der Waals surface area contributed by atoms with Crippen LogP contribution in [0.2, 0.25) is 0 Å². The maximum atomic E-state index is 13.1. The van der Waals surface area contributed by atoms with Crippen LogP contribution in [-0.2, 0) is 4.79 Å². The summed E-state index contributed by atoms with van der Waals surface area (Å²) in [5.74, 6) is 10.2. The fourth-order valence-corrected chi connectivity index (χ4v) is 3.02. The molecule has 0 saturated heterocycles. The Labute approximate surface area is 151 Å². The molecule has 2 N–H and O–H groups in total. The minimum Gasteiger partial charge on any atom is -0.273 e. The van der Waals surface area contributed by atoms with Crippen molar-refractivity contribution in [2.24, 2.45) is 11.8 Å². The van der Waals surface area contributed by atoms with Crippen LogP contribution in [0.5, 0.6) is 0 Å². The van der Waals surface area contributed by atoms with Gasteiger partial charge in [-0.15, -0.1) is 0 Å². The number of carbonyl (C=O) groups excluding carboxylic acids is 2. The van der Waals surface area contributed by atoms with Gasteiger partial charge in [-0.05, 0) is 55.3 Å². The first kappa shape index (κ1) is 17.8. The van der Waals surface area contributed by atoms with Gasteiger partial charge in [-0.25, -0.2) is 15.2 Å². The number of hydrazine groups is 1. The number of hydrogen-bond donors (Lipinski definition) is 1. The Balaban J connectivity index is 1.69. The second-order valence-corrected chi connectivity index (χ2v) is 6.33. The minimum absolute atomic E-state index is 0.152. The normalized spacial score (nSPS) is 13.8. The van der Waals surface area contributed by atoms with Crippen molar-refractivity contribution in [3.8, 4) is 11.8 Å². The molecule has 0 aliphatic heterocycles. The van der Waals surface area contributed by atoms with Gasteiger partial charge >= 0.3 is 0 Å². The lowest BCUT2D eigenvalue weighted by atomic mass is 10.1. The zero-order chi connectivity index (χ0) is 18.5. The Morgan fingerprint density at radius 1 is 1.00 bits per heavy atom. The molecule has 1 fully saturated rings. The van der Waals surface area contributed by atoms with E-state index in [0.29, 0.717) is 16.7 Å². The molecule has 0 atom stereocenters. The standard InChI is InChI=1S/C21H19FN2O2/c22-19-7-3-4-16(14-19)9-8-15-10-12-18(13-11-15)21(26)24(23)20(25)17-5-1-2-6-17/h3-4,7,10-14,17H,1-2,5-6,23H2. The van der Waals surface area contributed by atoms with Crippen LogP contribution in [0.15, 0.2) is 48.5 Å². The summed E-state index contributed by atoms with van der Waals surface area (Å²) in [6.45, 7) is 0. The van der Waals surface area contributed by atoms with Crippen molar-refractivity contribution in [1.29, 1.82) is 0 Å². The number of halogens is 1. The highest BCUT2D eigenvalue weighted by Gasteiger charge is 2.29. The third-order valence-electron chi connectivity index (χ3n) is 4.47. The molecule has 1 saturated carbocycles. The van der Waals surface area contributed by atoms with Crippen molar-refractivity contribution in [3.05, 3.63) is 71.0 Å². The van der Waals surface area contributed by atoms with Crippen molar-refractivity contribution in [1.82, 2.24) is 5.01 Å². The van der Waals surface area contributed by atoms with Gasteiger partial charge in [0.1, 0.15) is 5.82 Å². The van der Waals surface area contributed by atoms with Crippen LogP contribution in [0, 0.1) is 23.6 Å². The number of hydrogen-bond acceptors (Lipinski definition) is 3. The van der Waals surface area contributed by atoms with E-state index >= 15 is 0 Å².